The summed E-state index contributed by atoms with van der Waals surface area (Å²) < 4.78 is 10.8. The van der Waals surface area contributed by atoms with E-state index in [0.29, 0.717) is 49.6 Å². The first-order valence-electron chi connectivity index (χ1n) is 14.0. The van der Waals surface area contributed by atoms with Gasteiger partial charge in [-0.05, 0) is 49.6 Å². The van der Waals surface area contributed by atoms with Crippen molar-refractivity contribution in [2.75, 3.05) is 31.2 Å². The van der Waals surface area contributed by atoms with E-state index in [1.807, 2.05) is 41.8 Å². The number of rotatable bonds is 11. The Labute approximate surface area is 293 Å². The van der Waals surface area contributed by atoms with E-state index in [1.54, 1.807) is 30.4 Å². The second-order valence-electron chi connectivity index (χ2n) is 10.1. The number of benzene rings is 2. The molecule has 4 aromatic rings. The van der Waals surface area contributed by atoms with Crippen LogP contribution in [0.2, 0.25) is 5.02 Å². The Morgan fingerprint density at radius 1 is 1.02 bits per heavy atom. The number of ether oxygens (including phenoxy) is 2. The normalized spacial score (nSPS) is 12.7. The van der Waals surface area contributed by atoms with Gasteiger partial charge in [0.05, 0.1) is 11.3 Å². The number of anilines is 1. The summed E-state index contributed by atoms with van der Waals surface area (Å²) in [6.07, 6.45) is 2.03. The molecule has 0 amide bonds. The standard InChI is InChI=1S/C32H29ClN6O3S2.2ClH/c1-20(36)32(40)42-15-14-41-25-10-6-21(7-11-25)28-26(16-34)29(39-12-2-3-13-39)38-31(27(28)17-35)44-19-24-18-43-30(37-24)22-4-8-23(33)9-5-22;;/h4-11,18,20H,2-3,12-15,19,36H2,1H3;2*1H. The molecule has 5 rings (SSSR count). The lowest BCUT2D eigenvalue weighted by Crippen LogP contribution is -2.29. The monoisotopic (exact) mass is 716 g/mol. The zero-order valence-corrected chi connectivity index (χ0v) is 28.8. The molecule has 2 aromatic carbocycles. The lowest BCUT2D eigenvalue weighted by molar-refractivity contribution is -0.145. The molecule has 0 radical (unpaired) electrons. The second kappa shape index (κ2) is 17.4. The maximum atomic E-state index is 11.6. The van der Waals surface area contributed by atoms with Crippen LogP contribution in [-0.2, 0) is 15.3 Å². The third kappa shape index (κ3) is 8.83. The highest BCUT2D eigenvalue weighted by Gasteiger charge is 2.26. The summed E-state index contributed by atoms with van der Waals surface area (Å²) in [4.78, 5) is 23.4. The van der Waals surface area contributed by atoms with Gasteiger partial charge < -0.3 is 20.1 Å². The van der Waals surface area contributed by atoms with Crippen LogP contribution in [0.25, 0.3) is 21.7 Å². The molecule has 1 unspecified atom stereocenters. The fraction of sp³-hybridized carbons (Fsp3) is 0.281. The van der Waals surface area contributed by atoms with Crippen molar-refractivity contribution in [1.82, 2.24) is 9.97 Å². The number of esters is 1. The van der Waals surface area contributed by atoms with Gasteiger partial charge in [-0.1, -0.05) is 47.6 Å². The van der Waals surface area contributed by atoms with Crippen molar-refractivity contribution >= 4 is 71.3 Å². The minimum absolute atomic E-state index is 0. The molecule has 1 atom stereocenters. The van der Waals surface area contributed by atoms with E-state index in [4.69, 9.17) is 36.8 Å². The molecule has 1 aliphatic heterocycles. The third-order valence-electron chi connectivity index (χ3n) is 6.88. The van der Waals surface area contributed by atoms with E-state index in [1.165, 1.54) is 11.8 Å². The quantitative estimate of drug-likeness (QED) is 0.0957. The molecule has 1 aliphatic rings. The highest BCUT2D eigenvalue weighted by molar-refractivity contribution is 7.98. The molecule has 2 N–H and O–H groups in total. The summed E-state index contributed by atoms with van der Waals surface area (Å²) in [5, 5.41) is 24.8. The average molecular weight is 718 g/mol. The molecular weight excluding hydrogens is 687 g/mol. The van der Waals surface area contributed by atoms with Crippen LogP contribution < -0.4 is 15.4 Å². The number of carbonyl (C=O) groups excluding carboxylic acids is 1. The number of halogens is 3. The summed E-state index contributed by atoms with van der Waals surface area (Å²) >= 11 is 9.02. The van der Waals surface area contributed by atoms with Crippen LogP contribution in [0.1, 0.15) is 36.6 Å². The van der Waals surface area contributed by atoms with E-state index in [2.05, 4.69) is 17.0 Å². The van der Waals surface area contributed by atoms with Gasteiger partial charge >= 0.3 is 5.97 Å². The van der Waals surface area contributed by atoms with Crippen molar-refractivity contribution in [3.63, 3.8) is 0 Å². The van der Waals surface area contributed by atoms with Gasteiger partial charge in [0.15, 0.2) is 0 Å². The van der Waals surface area contributed by atoms with E-state index in [9.17, 15) is 15.3 Å². The van der Waals surface area contributed by atoms with Crippen LogP contribution in [0.15, 0.2) is 58.9 Å². The van der Waals surface area contributed by atoms with Gasteiger partial charge in [-0.3, -0.25) is 4.79 Å². The molecule has 3 heterocycles. The first-order valence-corrected chi connectivity index (χ1v) is 16.2. The average Bonchev–Trinajstić information content (AvgIpc) is 3.75. The van der Waals surface area contributed by atoms with Crippen molar-refractivity contribution in [1.29, 1.82) is 10.5 Å². The molecular formula is C32H31Cl3N6O3S2. The minimum atomic E-state index is -0.694. The molecule has 0 saturated carbocycles. The number of nitriles is 2. The van der Waals surface area contributed by atoms with E-state index < -0.39 is 12.0 Å². The van der Waals surface area contributed by atoms with Gasteiger partial charge in [0.2, 0.25) is 0 Å². The van der Waals surface area contributed by atoms with Gasteiger partial charge in [-0.15, -0.1) is 36.2 Å². The van der Waals surface area contributed by atoms with Crippen LogP contribution >= 0.6 is 59.5 Å². The number of nitrogens with two attached hydrogens (primary N) is 1. The maximum Gasteiger partial charge on any atom is 0.322 e. The summed E-state index contributed by atoms with van der Waals surface area (Å²) in [5.41, 5.74) is 9.35. The molecule has 1 saturated heterocycles. The van der Waals surface area contributed by atoms with Gasteiger partial charge in [0.1, 0.15) is 58.6 Å². The van der Waals surface area contributed by atoms with Gasteiger partial charge in [-0.2, -0.15) is 10.5 Å². The summed E-state index contributed by atoms with van der Waals surface area (Å²) in [7, 11) is 0. The van der Waals surface area contributed by atoms with E-state index in [0.717, 1.165) is 42.2 Å². The fourth-order valence-electron chi connectivity index (χ4n) is 4.70. The SMILES string of the molecule is CC(N)C(=O)OCCOc1ccc(-c2c(C#N)c(SCc3csc(-c4ccc(Cl)cc4)n3)nc(N3CCCC3)c2C#N)cc1.Cl.Cl. The van der Waals surface area contributed by atoms with Crippen molar-refractivity contribution in [2.24, 2.45) is 5.73 Å². The number of hydrogen-bond donors (Lipinski definition) is 1. The highest BCUT2D eigenvalue weighted by Crippen LogP contribution is 2.40. The summed E-state index contributed by atoms with van der Waals surface area (Å²) in [5.74, 6) is 1.18. The van der Waals surface area contributed by atoms with E-state index >= 15 is 0 Å². The van der Waals surface area contributed by atoms with Gasteiger partial charge in [0.25, 0.3) is 0 Å². The fourth-order valence-corrected chi connectivity index (χ4v) is 6.64. The molecule has 9 nitrogen and oxygen atoms in total. The number of aromatic nitrogens is 2. The van der Waals surface area contributed by atoms with Crippen LogP contribution in [0, 0.1) is 22.7 Å². The van der Waals surface area contributed by atoms with Crippen molar-refractivity contribution < 1.29 is 14.3 Å². The first kappa shape index (κ1) is 36.9. The Morgan fingerprint density at radius 3 is 2.30 bits per heavy atom. The Balaban J connectivity index is 0.00000288. The highest BCUT2D eigenvalue weighted by atomic mass is 35.5. The summed E-state index contributed by atoms with van der Waals surface area (Å²) in [6, 6.07) is 18.7. The molecule has 0 aliphatic carbocycles. The van der Waals surface area contributed by atoms with Crippen molar-refractivity contribution in [3.8, 4) is 39.6 Å². The number of thioether (sulfide) groups is 1. The number of thiazole rings is 1. The molecule has 240 valence electrons. The maximum absolute atomic E-state index is 11.6. The molecule has 2 aromatic heterocycles. The minimum Gasteiger partial charge on any atom is -0.490 e. The third-order valence-corrected chi connectivity index (χ3v) is 9.09. The number of nitrogens with zero attached hydrogens (tertiary/aromatic N) is 5. The largest absolute Gasteiger partial charge is 0.490 e. The molecule has 1 fully saturated rings. The first-order chi connectivity index (χ1) is 21.4. The molecule has 46 heavy (non-hydrogen) atoms. The molecule has 0 spiro atoms. The van der Waals surface area contributed by atoms with Crippen molar-refractivity contribution in [3.05, 3.63) is 75.8 Å². The van der Waals surface area contributed by atoms with Crippen LogP contribution in [0.4, 0.5) is 5.82 Å². The smallest absolute Gasteiger partial charge is 0.322 e. The zero-order chi connectivity index (χ0) is 31.1. The summed E-state index contributed by atoms with van der Waals surface area (Å²) in [6.45, 7) is 3.39. The van der Waals surface area contributed by atoms with Gasteiger partial charge in [-0.25, -0.2) is 9.97 Å². The van der Waals surface area contributed by atoms with E-state index in [-0.39, 0.29) is 38.0 Å². The predicted octanol–water partition coefficient (Wildman–Crippen LogP) is 7.27. The van der Waals surface area contributed by atoms with Gasteiger partial charge in [0, 0.05) is 40.4 Å². The number of pyridine rings is 1. The zero-order valence-electron chi connectivity index (χ0n) is 24.8. The Hall–Kier alpha value is -3.55. The Bertz CT molecular complexity index is 1720. The van der Waals surface area contributed by atoms with Crippen molar-refractivity contribution in [2.45, 2.75) is 36.6 Å². The Morgan fingerprint density at radius 2 is 1.67 bits per heavy atom. The molecule has 0 bridgehead atoms. The molecule has 14 heteroatoms. The Kier molecular flexibility index (Phi) is 14.0. The van der Waals surface area contributed by atoms with Crippen LogP contribution in [-0.4, -0.2) is 48.3 Å². The number of hydrogen-bond acceptors (Lipinski definition) is 11. The van der Waals surface area contributed by atoms with Crippen LogP contribution in [0.5, 0.6) is 5.75 Å². The predicted molar refractivity (Wildman–Crippen MR) is 187 cm³/mol. The second-order valence-corrected chi connectivity index (χ2v) is 12.3. The topological polar surface area (TPSA) is 138 Å². The lowest BCUT2D eigenvalue weighted by Gasteiger charge is -2.22. The van der Waals surface area contributed by atoms with Crippen LogP contribution in [0.3, 0.4) is 0 Å². The lowest BCUT2D eigenvalue weighted by atomic mass is 9.96. The number of carbonyl (C=O) groups is 1.